The second-order valence-corrected chi connectivity index (χ2v) is 9.83. The molecule has 0 bridgehead atoms. The average Bonchev–Trinajstić information content (AvgIpc) is 3.22. The lowest BCUT2D eigenvalue weighted by Gasteiger charge is -2.31. The van der Waals surface area contributed by atoms with Crippen molar-refractivity contribution in [3.63, 3.8) is 0 Å². The molecule has 8 nitrogen and oxygen atoms in total. The Hall–Kier alpha value is -3.39. The van der Waals surface area contributed by atoms with E-state index in [-0.39, 0.29) is 12.6 Å². The molecular formula is C28H36N2O6. The van der Waals surface area contributed by atoms with Gasteiger partial charge in [0.05, 0.1) is 12.2 Å². The molecule has 1 aliphatic rings. The summed E-state index contributed by atoms with van der Waals surface area (Å²) in [5, 5.41) is 2.85. The van der Waals surface area contributed by atoms with Crippen molar-refractivity contribution < 1.29 is 28.6 Å². The minimum Gasteiger partial charge on any atom is -0.488 e. The van der Waals surface area contributed by atoms with Crippen molar-refractivity contribution in [2.24, 2.45) is 0 Å². The highest BCUT2D eigenvalue weighted by Crippen LogP contribution is 2.28. The summed E-state index contributed by atoms with van der Waals surface area (Å²) < 4.78 is 16.8. The summed E-state index contributed by atoms with van der Waals surface area (Å²) >= 11 is 0. The van der Waals surface area contributed by atoms with Gasteiger partial charge in [0.2, 0.25) is 0 Å². The molecule has 8 heteroatoms. The predicted molar refractivity (Wildman–Crippen MR) is 136 cm³/mol. The first kappa shape index (κ1) is 27.2. The van der Waals surface area contributed by atoms with Crippen molar-refractivity contribution in [1.82, 2.24) is 10.2 Å². The van der Waals surface area contributed by atoms with Crippen LogP contribution in [-0.4, -0.2) is 60.1 Å². The van der Waals surface area contributed by atoms with Gasteiger partial charge in [-0.1, -0.05) is 42.5 Å². The van der Waals surface area contributed by atoms with E-state index in [0.717, 1.165) is 5.56 Å². The van der Waals surface area contributed by atoms with Crippen molar-refractivity contribution in [1.29, 1.82) is 0 Å². The SMILES string of the molecule is CCOC(=O)[C@H](NC(=O)c1ccccc1OCc1ccccc1)[C@@H]1CC[C@H](C(=O)OC(C)(C)C)N1C. The van der Waals surface area contributed by atoms with Crippen molar-refractivity contribution >= 4 is 17.8 Å². The first-order chi connectivity index (χ1) is 17.1. The van der Waals surface area contributed by atoms with Crippen LogP contribution in [0, 0.1) is 0 Å². The molecule has 0 spiro atoms. The summed E-state index contributed by atoms with van der Waals surface area (Å²) in [6.07, 6.45) is 1.04. The largest absolute Gasteiger partial charge is 0.488 e. The number of para-hydroxylation sites is 1. The van der Waals surface area contributed by atoms with E-state index in [1.807, 2.05) is 51.1 Å². The number of hydrogen-bond acceptors (Lipinski definition) is 7. The lowest BCUT2D eigenvalue weighted by molar-refractivity contribution is -0.161. The molecule has 36 heavy (non-hydrogen) atoms. The van der Waals surface area contributed by atoms with Gasteiger partial charge in [0.25, 0.3) is 5.91 Å². The van der Waals surface area contributed by atoms with Gasteiger partial charge in [-0.25, -0.2) is 4.79 Å². The Morgan fingerprint density at radius 3 is 2.36 bits per heavy atom. The Kier molecular flexibility index (Phi) is 9.09. The number of esters is 2. The topological polar surface area (TPSA) is 94.2 Å². The first-order valence-electron chi connectivity index (χ1n) is 12.3. The number of benzene rings is 2. The zero-order valence-electron chi connectivity index (χ0n) is 21.7. The molecule has 0 unspecified atom stereocenters. The van der Waals surface area contributed by atoms with Crippen LogP contribution in [0.15, 0.2) is 54.6 Å². The maximum absolute atomic E-state index is 13.4. The van der Waals surface area contributed by atoms with Crippen LogP contribution in [-0.2, 0) is 25.7 Å². The number of nitrogens with one attached hydrogen (secondary N) is 1. The van der Waals surface area contributed by atoms with Gasteiger partial charge in [0.1, 0.15) is 30.0 Å². The maximum Gasteiger partial charge on any atom is 0.330 e. The second kappa shape index (κ2) is 12.0. The average molecular weight is 497 g/mol. The highest BCUT2D eigenvalue weighted by molar-refractivity contribution is 5.99. The number of hydrogen-bond donors (Lipinski definition) is 1. The molecule has 1 saturated heterocycles. The van der Waals surface area contributed by atoms with Crippen molar-refractivity contribution in [2.75, 3.05) is 13.7 Å². The van der Waals surface area contributed by atoms with Crippen LogP contribution in [0.25, 0.3) is 0 Å². The van der Waals surface area contributed by atoms with Crippen LogP contribution in [0.1, 0.15) is 56.5 Å². The number of carbonyl (C=O) groups excluding carboxylic acids is 3. The Morgan fingerprint density at radius 1 is 1.03 bits per heavy atom. The van der Waals surface area contributed by atoms with Crippen LogP contribution in [0.2, 0.25) is 0 Å². The molecule has 0 aliphatic carbocycles. The quantitative estimate of drug-likeness (QED) is 0.529. The Balaban J connectivity index is 1.76. The van der Waals surface area contributed by atoms with Gasteiger partial charge in [-0.3, -0.25) is 14.5 Å². The van der Waals surface area contributed by atoms with Crippen LogP contribution in [0.4, 0.5) is 0 Å². The van der Waals surface area contributed by atoms with Gasteiger partial charge in [-0.05, 0) is 65.3 Å². The Bertz CT molecular complexity index is 1050. The highest BCUT2D eigenvalue weighted by atomic mass is 16.6. The lowest BCUT2D eigenvalue weighted by atomic mass is 10.0. The molecule has 0 aromatic heterocycles. The molecule has 1 heterocycles. The van der Waals surface area contributed by atoms with E-state index in [9.17, 15) is 14.4 Å². The zero-order valence-corrected chi connectivity index (χ0v) is 21.7. The summed E-state index contributed by atoms with van der Waals surface area (Å²) in [6.45, 7) is 7.64. The Morgan fingerprint density at radius 2 is 1.69 bits per heavy atom. The maximum atomic E-state index is 13.4. The molecule has 1 N–H and O–H groups in total. The molecule has 2 aromatic carbocycles. The fourth-order valence-electron chi connectivity index (χ4n) is 4.30. The molecule has 1 amide bonds. The second-order valence-electron chi connectivity index (χ2n) is 9.83. The van der Waals surface area contributed by atoms with Gasteiger partial charge < -0.3 is 19.5 Å². The van der Waals surface area contributed by atoms with Crippen LogP contribution < -0.4 is 10.1 Å². The molecule has 1 aliphatic heterocycles. The molecule has 3 rings (SSSR count). The third-order valence-corrected chi connectivity index (χ3v) is 6.01. The normalized spacial score (nSPS) is 18.8. The van der Waals surface area contributed by atoms with E-state index in [4.69, 9.17) is 14.2 Å². The third kappa shape index (κ3) is 7.07. The summed E-state index contributed by atoms with van der Waals surface area (Å²) in [6, 6.07) is 14.6. The van der Waals surface area contributed by atoms with E-state index in [1.54, 1.807) is 43.1 Å². The number of likely N-dealkylation sites (N-methyl/N-ethyl adjacent to an activating group) is 1. The summed E-state index contributed by atoms with van der Waals surface area (Å²) in [5.41, 5.74) is 0.666. The van der Waals surface area contributed by atoms with E-state index in [2.05, 4.69) is 5.32 Å². The molecule has 1 fully saturated rings. The van der Waals surface area contributed by atoms with Gasteiger partial charge in [0, 0.05) is 6.04 Å². The number of amides is 1. The Labute approximate surface area is 212 Å². The smallest absolute Gasteiger partial charge is 0.330 e. The summed E-state index contributed by atoms with van der Waals surface area (Å²) in [7, 11) is 1.77. The molecule has 2 aromatic rings. The first-order valence-corrected chi connectivity index (χ1v) is 12.3. The van der Waals surface area contributed by atoms with Crippen molar-refractivity contribution in [3.8, 4) is 5.75 Å². The van der Waals surface area contributed by atoms with Crippen LogP contribution in [0.5, 0.6) is 5.75 Å². The molecular weight excluding hydrogens is 460 g/mol. The van der Waals surface area contributed by atoms with Crippen molar-refractivity contribution in [3.05, 3.63) is 65.7 Å². The van der Waals surface area contributed by atoms with E-state index in [0.29, 0.717) is 30.8 Å². The molecule has 3 atom stereocenters. The number of rotatable bonds is 9. The summed E-state index contributed by atoms with van der Waals surface area (Å²) in [4.78, 5) is 40.8. The van der Waals surface area contributed by atoms with Crippen molar-refractivity contribution in [2.45, 2.75) is 70.9 Å². The number of carbonyl (C=O) groups is 3. The van der Waals surface area contributed by atoms with E-state index >= 15 is 0 Å². The fourth-order valence-corrected chi connectivity index (χ4v) is 4.30. The number of nitrogens with zero attached hydrogens (tertiary/aromatic N) is 1. The molecule has 0 saturated carbocycles. The highest BCUT2D eigenvalue weighted by Gasteiger charge is 2.44. The zero-order chi connectivity index (χ0) is 26.3. The minimum absolute atomic E-state index is 0.175. The standard InChI is InChI=1S/C28H36N2O6/c1-6-34-27(33)24(21-16-17-22(30(21)5)26(32)36-28(2,3)4)29-25(31)20-14-10-11-15-23(20)35-18-19-12-8-7-9-13-19/h7-15,21-22,24H,6,16-18H2,1-5H3,(H,29,31)/t21-,22+,24+/m0/s1. The number of likely N-dealkylation sites (tertiary alicyclic amines) is 1. The van der Waals surface area contributed by atoms with Crippen LogP contribution in [0.3, 0.4) is 0 Å². The predicted octanol–water partition coefficient (Wildman–Crippen LogP) is 3.73. The lowest BCUT2D eigenvalue weighted by Crippen LogP contribution is -2.55. The molecule has 194 valence electrons. The third-order valence-electron chi connectivity index (χ3n) is 6.01. The number of ether oxygens (including phenoxy) is 3. The van der Waals surface area contributed by atoms with Gasteiger partial charge in [0.15, 0.2) is 0 Å². The van der Waals surface area contributed by atoms with Gasteiger partial charge in [-0.2, -0.15) is 0 Å². The minimum atomic E-state index is -0.961. The summed E-state index contributed by atoms with van der Waals surface area (Å²) in [5.74, 6) is -0.935. The van der Waals surface area contributed by atoms with Gasteiger partial charge in [-0.15, -0.1) is 0 Å². The monoisotopic (exact) mass is 496 g/mol. The van der Waals surface area contributed by atoms with E-state index < -0.39 is 35.6 Å². The fraction of sp³-hybridized carbons (Fsp3) is 0.464. The molecule has 0 radical (unpaired) electrons. The van der Waals surface area contributed by atoms with Gasteiger partial charge >= 0.3 is 11.9 Å². The van der Waals surface area contributed by atoms with Crippen LogP contribution >= 0.6 is 0 Å². The van der Waals surface area contributed by atoms with E-state index in [1.165, 1.54) is 0 Å².